The van der Waals surface area contributed by atoms with Crippen LogP contribution in [0.25, 0.3) is 0 Å². The van der Waals surface area contributed by atoms with Gasteiger partial charge in [-0.05, 0) is 73.7 Å². The molecular weight excluding hydrogens is 397 g/mol. The molecule has 21 heavy (non-hydrogen) atoms. The van der Waals surface area contributed by atoms with E-state index in [0.29, 0.717) is 11.6 Å². The Labute approximate surface area is 145 Å². The van der Waals surface area contributed by atoms with Crippen LogP contribution in [0, 0.1) is 3.57 Å². The molecule has 0 fully saturated rings. The van der Waals surface area contributed by atoms with E-state index in [1.54, 1.807) is 0 Å². The van der Waals surface area contributed by atoms with E-state index in [1.807, 2.05) is 42.5 Å². The molecule has 0 heterocycles. The number of halogens is 2. The Morgan fingerprint density at radius 3 is 2.38 bits per heavy atom. The second kappa shape index (κ2) is 6.99. The number of rotatable bonds is 4. The predicted molar refractivity (Wildman–Crippen MR) is 97.3 cm³/mol. The number of nitrogens with one attached hydrogen (secondary N) is 1. The summed E-state index contributed by atoms with van der Waals surface area (Å²) in [5.41, 5.74) is 1.10. The fourth-order valence-corrected chi connectivity index (χ4v) is 2.38. The summed E-state index contributed by atoms with van der Waals surface area (Å²) in [5, 5.41) is 4.09. The number of para-hydroxylation sites is 1. The summed E-state index contributed by atoms with van der Waals surface area (Å²) in [7, 11) is 0. The molecule has 0 amide bonds. The van der Waals surface area contributed by atoms with Gasteiger partial charge in [-0.25, -0.2) is 0 Å². The fraction of sp³-hybridized carbons (Fsp3) is 0.294. The van der Waals surface area contributed by atoms with E-state index in [2.05, 4.69) is 48.7 Å². The van der Waals surface area contributed by atoms with Crippen LogP contribution in [-0.2, 0) is 6.54 Å². The van der Waals surface area contributed by atoms with Gasteiger partial charge in [-0.15, -0.1) is 0 Å². The van der Waals surface area contributed by atoms with E-state index in [9.17, 15) is 0 Å². The minimum Gasteiger partial charge on any atom is -0.455 e. The van der Waals surface area contributed by atoms with Gasteiger partial charge in [0.1, 0.15) is 11.5 Å². The summed E-state index contributed by atoms with van der Waals surface area (Å²) in [6.07, 6.45) is 0. The molecule has 0 saturated carbocycles. The maximum atomic E-state index is 6.31. The number of ether oxygens (including phenoxy) is 1. The molecule has 0 bridgehead atoms. The van der Waals surface area contributed by atoms with Gasteiger partial charge in [-0.3, -0.25) is 0 Å². The minimum atomic E-state index is 0.0441. The molecule has 0 saturated heterocycles. The van der Waals surface area contributed by atoms with E-state index in [-0.39, 0.29) is 5.54 Å². The van der Waals surface area contributed by atoms with Crippen molar-refractivity contribution in [3.8, 4) is 11.5 Å². The fourth-order valence-electron chi connectivity index (χ4n) is 1.79. The molecule has 0 aliphatic rings. The highest BCUT2D eigenvalue weighted by molar-refractivity contribution is 14.1. The zero-order valence-corrected chi connectivity index (χ0v) is 15.3. The molecule has 2 aromatic carbocycles. The first-order valence-corrected chi connectivity index (χ1v) is 8.27. The van der Waals surface area contributed by atoms with Gasteiger partial charge in [0.2, 0.25) is 0 Å². The van der Waals surface area contributed by atoms with Crippen molar-refractivity contribution >= 4 is 34.2 Å². The van der Waals surface area contributed by atoms with Crippen molar-refractivity contribution in [2.24, 2.45) is 0 Å². The van der Waals surface area contributed by atoms with Crippen LogP contribution in [0.2, 0.25) is 5.02 Å². The zero-order valence-electron chi connectivity index (χ0n) is 12.4. The topological polar surface area (TPSA) is 21.3 Å². The molecule has 112 valence electrons. The highest BCUT2D eigenvalue weighted by atomic mass is 127. The molecule has 0 radical (unpaired) electrons. The third kappa shape index (κ3) is 5.16. The Bertz CT molecular complexity index is 605. The summed E-state index contributed by atoms with van der Waals surface area (Å²) in [5.74, 6) is 1.51. The largest absolute Gasteiger partial charge is 0.455 e. The summed E-state index contributed by atoms with van der Waals surface area (Å²) >= 11 is 8.58. The van der Waals surface area contributed by atoms with Crippen molar-refractivity contribution in [1.29, 1.82) is 0 Å². The Morgan fingerprint density at radius 1 is 1.10 bits per heavy atom. The maximum Gasteiger partial charge on any atom is 0.150 e. The molecule has 2 nitrogen and oxygen atoms in total. The Morgan fingerprint density at radius 2 is 1.76 bits per heavy atom. The molecule has 0 aliphatic heterocycles. The summed E-state index contributed by atoms with van der Waals surface area (Å²) in [4.78, 5) is 0. The summed E-state index contributed by atoms with van der Waals surface area (Å²) in [6, 6.07) is 13.8. The van der Waals surface area contributed by atoms with Gasteiger partial charge >= 0.3 is 0 Å². The van der Waals surface area contributed by atoms with Crippen LogP contribution in [0.3, 0.4) is 0 Å². The van der Waals surface area contributed by atoms with Crippen LogP contribution in [0.15, 0.2) is 42.5 Å². The lowest BCUT2D eigenvalue weighted by Crippen LogP contribution is -2.35. The van der Waals surface area contributed by atoms with Crippen molar-refractivity contribution in [1.82, 2.24) is 5.32 Å². The van der Waals surface area contributed by atoms with Gasteiger partial charge in [-0.1, -0.05) is 23.7 Å². The Hall–Kier alpha value is -0.780. The Balaban J connectivity index is 2.23. The molecular formula is C17H19ClINO. The minimum absolute atomic E-state index is 0.0441. The van der Waals surface area contributed by atoms with E-state index < -0.39 is 0 Å². The monoisotopic (exact) mass is 415 g/mol. The van der Waals surface area contributed by atoms with E-state index in [4.69, 9.17) is 16.3 Å². The van der Waals surface area contributed by atoms with Crippen LogP contribution in [0.1, 0.15) is 26.3 Å². The van der Waals surface area contributed by atoms with Crippen molar-refractivity contribution in [3.63, 3.8) is 0 Å². The normalized spacial score (nSPS) is 11.5. The van der Waals surface area contributed by atoms with Crippen LogP contribution < -0.4 is 10.1 Å². The maximum absolute atomic E-state index is 6.31. The average molecular weight is 416 g/mol. The molecule has 0 spiro atoms. The van der Waals surface area contributed by atoms with E-state index in [1.165, 1.54) is 3.57 Å². The SMILES string of the molecule is CC(C)(C)NCc1cccc(Cl)c1Oc1ccc(I)cc1. The highest BCUT2D eigenvalue weighted by Crippen LogP contribution is 2.33. The highest BCUT2D eigenvalue weighted by Gasteiger charge is 2.13. The van der Waals surface area contributed by atoms with Crippen molar-refractivity contribution in [2.75, 3.05) is 0 Å². The first-order valence-electron chi connectivity index (χ1n) is 6.81. The average Bonchev–Trinajstić information content (AvgIpc) is 2.41. The van der Waals surface area contributed by atoms with Crippen LogP contribution in [-0.4, -0.2) is 5.54 Å². The number of hydrogen-bond donors (Lipinski definition) is 1. The van der Waals surface area contributed by atoms with Crippen molar-refractivity contribution in [3.05, 3.63) is 56.6 Å². The lowest BCUT2D eigenvalue weighted by molar-refractivity contribution is 0.414. The molecule has 4 heteroatoms. The van der Waals surface area contributed by atoms with Crippen LogP contribution >= 0.6 is 34.2 Å². The van der Waals surface area contributed by atoms with Crippen LogP contribution in [0.5, 0.6) is 11.5 Å². The van der Waals surface area contributed by atoms with Gasteiger partial charge in [0.05, 0.1) is 5.02 Å². The standard InChI is InChI=1S/C17H19ClINO/c1-17(2,3)20-11-12-5-4-6-15(18)16(12)21-14-9-7-13(19)8-10-14/h4-10,20H,11H2,1-3H3. The molecule has 0 aliphatic carbocycles. The van der Waals surface area contributed by atoms with Gasteiger partial charge < -0.3 is 10.1 Å². The zero-order chi connectivity index (χ0) is 15.5. The molecule has 2 aromatic rings. The molecule has 1 N–H and O–H groups in total. The van der Waals surface area contributed by atoms with E-state index in [0.717, 1.165) is 17.1 Å². The molecule has 0 atom stereocenters. The molecule has 0 aromatic heterocycles. The molecule has 2 rings (SSSR count). The van der Waals surface area contributed by atoms with Gasteiger partial charge in [0, 0.05) is 21.2 Å². The number of benzene rings is 2. The lowest BCUT2D eigenvalue weighted by Gasteiger charge is -2.22. The van der Waals surface area contributed by atoms with E-state index >= 15 is 0 Å². The summed E-state index contributed by atoms with van der Waals surface area (Å²) < 4.78 is 7.16. The second-order valence-corrected chi connectivity index (χ2v) is 7.54. The first kappa shape index (κ1) is 16.6. The quantitative estimate of drug-likeness (QED) is 0.654. The lowest BCUT2D eigenvalue weighted by atomic mass is 10.1. The van der Waals surface area contributed by atoms with Gasteiger partial charge in [0.15, 0.2) is 0 Å². The first-order chi connectivity index (χ1) is 9.85. The van der Waals surface area contributed by atoms with Gasteiger partial charge in [0.25, 0.3) is 0 Å². The van der Waals surface area contributed by atoms with Crippen molar-refractivity contribution < 1.29 is 4.74 Å². The predicted octanol–water partition coefficient (Wildman–Crippen LogP) is 5.63. The van der Waals surface area contributed by atoms with Crippen LogP contribution in [0.4, 0.5) is 0 Å². The van der Waals surface area contributed by atoms with Crippen molar-refractivity contribution in [2.45, 2.75) is 32.9 Å². The second-order valence-electron chi connectivity index (χ2n) is 5.89. The third-order valence-corrected chi connectivity index (χ3v) is 3.91. The molecule has 0 unspecified atom stereocenters. The number of hydrogen-bond acceptors (Lipinski definition) is 2. The summed E-state index contributed by atoms with van der Waals surface area (Å²) in [6.45, 7) is 7.12. The smallest absolute Gasteiger partial charge is 0.150 e. The Kier molecular flexibility index (Phi) is 5.52. The van der Waals surface area contributed by atoms with Gasteiger partial charge in [-0.2, -0.15) is 0 Å². The third-order valence-electron chi connectivity index (χ3n) is 2.89.